The largest absolute Gasteiger partial charge is 0.478 e. The highest BCUT2D eigenvalue weighted by molar-refractivity contribution is 9.10. The number of benzene rings is 2. The van der Waals surface area contributed by atoms with Gasteiger partial charge in [-0.3, -0.25) is 14.5 Å². The van der Waals surface area contributed by atoms with E-state index in [0.717, 1.165) is 21.8 Å². The SMILES string of the molecule is CC(C(=O)Nc1ccc(C(=O)O)cc1)N1C(=O)/C(=C/c2cccc(Br)c2)SC1=S. The van der Waals surface area contributed by atoms with Gasteiger partial charge in [0.2, 0.25) is 5.91 Å². The molecule has 0 spiro atoms. The minimum atomic E-state index is -1.05. The van der Waals surface area contributed by atoms with Crippen molar-refractivity contribution in [3.05, 3.63) is 69.0 Å². The van der Waals surface area contributed by atoms with Crippen molar-refractivity contribution in [1.82, 2.24) is 4.90 Å². The second kappa shape index (κ2) is 8.89. The lowest BCUT2D eigenvalue weighted by Gasteiger charge is -2.22. The van der Waals surface area contributed by atoms with Crippen LogP contribution in [-0.4, -0.2) is 38.2 Å². The van der Waals surface area contributed by atoms with E-state index < -0.39 is 17.9 Å². The summed E-state index contributed by atoms with van der Waals surface area (Å²) in [5, 5.41) is 11.6. The summed E-state index contributed by atoms with van der Waals surface area (Å²) in [6.45, 7) is 1.59. The van der Waals surface area contributed by atoms with Crippen LogP contribution in [0.4, 0.5) is 5.69 Å². The van der Waals surface area contributed by atoms with E-state index in [1.165, 1.54) is 29.2 Å². The molecule has 148 valence electrons. The van der Waals surface area contributed by atoms with Gasteiger partial charge < -0.3 is 10.4 Å². The van der Waals surface area contributed by atoms with Gasteiger partial charge in [-0.15, -0.1) is 0 Å². The highest BCUT2D eigenvalue weighted by Crippen LogP contribution is 2.34. The summed E-state index contributed by atoms with van der Waals surface area (Å²) in [7, 11) is 0. The molecule has 1 aliphatic heterocycles. The van der Waals surface area contributed by atoms with E-state index in [9.17, 15) is 14.4 Å². The molecule has 9 heteroatoms. The van der Waals surface area contributed by atoms with Gasteiger partial charge in [-0.2, -0.15) is 0 Å². The Labute approximate surface area is 185 Å². The number of aromatic carboxylic acids is 1. The minimum absolute atomic E-state index is 0.116. The third-order valence-electron chi connectivity index (χ3n) is 4.14. The molecular formula is C20H15BrN2O4S2. The van der Waals surface area contributed by atoms with Crippen LogP contribution in [0.5, 0.6) is 0 Å². The number of thioether (sulfide) groups is 1. The second-order valence-corrected chi connectivity index (χ2v) is 8.75. The summed E-state index contributed by atoms with van der Waals surface area (Å²) in [6.07, 6.45) is 1.74. The van der Waals surface area contributed by atoms with E-state index >= 15 is 0 Å². The molecule has 1 saturated heterocycles. The average molecular weight is 491 g/mol. The molecular weight excluding hydrogens is 476 g/mol. The van der Waals surface area contributed by atoms with Crippen LogP contribution in [-0.2, 0) is 9.59 Å². The number of rotatable bonds is 5. The van der Waals surface area contributed by atoms with Gasteiger partial charge in [0.15, 0.2) is 0 Å². The topological polar surface area (TPSA) is 86.7 Å². The van der Waals surface area contributed by atoms with Gasteiger partial charge >= 0.3 is 5.97 Å². The molecule has 2 aromatic rings. The first-order chi connectivity index (χ1) is 13.8. The number of hydrogen-bond acceptors (Lipinski definition) is 5. The third-order valence-corrected chi connectivity index (χ3v) is 5.96. The molecule has 1 atom stereocenters. The zero-order chi connectivity index (χ0) is 21.1. The van der Waals surface area contributed by atoms with Gasteiger partial charge in [0.25, 0.3) is 5.91 Å². The van der Waals surface area contributed by atoms with Crippen molar-refractivity contribution in [2.75, 3.05) is 5.32 Å². The number of carboxylic acid groups (broad SMARTS) is 1. The van der Waals surface area contributed by atoms with Gasteiger partial charge in [0.05, 0.1) is 10.5 Å². The molecule has 0 aliphatic carbocycles. The van der Waals surface area contributed by atoms with E-state index in [-0.39, 0.29) is 11.5 Å². The Kier molecular flexibility index (Phi) is 6.51. The molecule has 0 saturated carbocycles. The van der Waals surface area contributed by atoms with Gasteiger partial charge in [0, 0.05) is 10.2 Å². The number of thiocarbonyl (C=S) groups is 1. The maximum Gasteiger partial charge on any atom is 0.335 e. The van der Waals surface area contributed by atoms with Gasteiger partial charge in [-0.1, -0.05) is 52.0 Å². The van der Waals surface area contributed by atoms with Crippen LogP contribution in [0.15, 0.2) is 57.9 Å². The van der Waals surface area contributed by atoms with Gasteiger partial charge in [0.1, 0.15) is 10.4 Å². The zero-order valence-corrected chi connectivity index (χ0v) is 18.3. The first-order valence-corrected chi connectivity index (χ1v) is 10.4. The summed E-state index contributed by atoms with van der Waals surface area (Å²) < 4.78 is 1.20. The number of carboxylic acids is 1. The fraction of sp³-hybridized carbons (Fsp3) is 0.100. The monoisotopic (exact) mass is 490 g/mol. The van der Waals surface area contributed by atoms with Crippen molar-refractivity contribution in [3.63, 3.8) is 0 Å². The van der Waals surface area contributed by atoms with Crippen LogP contribution < -0.4 is 5.32 Å². The maximum atomic E-state index is 12.8. The van der Waals surface area contributed by atoms with Crippen LogP contribution in [0, 0.1) is 0 Å². The lowest BCUT2D eigenvalue weighted by Crippen LogP contribution is -2.44. The molecule has 2 aromatic carbocycles. The molecule has 1 fully saturated rings. The quantitative estimate of drug-likeness (QED) is 0.477. The average Bonchev–Trinajstić information content (AvgIpc) is 2.94. The lowest BCUT2D eigenvalue weighted by molar-refractivity contribution is -0.129. The molecule has 0 radical (unpaired) electrons. The number of halogens is 1. The molecule has 2 N–H and O–H groups in total. The molecule has 2 amide bonds. The second-order valence-electron chi connectivity index (χ2n) is 6.15. The van der Waals surface area contributed by atoms with E-state index in [4.69, 9.17) is 17.3 Å². The fourth-order valence-corrected chi connectivity index (χ4v) is 4.46. The maximum absolute atomic E-state index is 12.8. The standard InChI is InChI=1S/C20H15BrN2O4S2/c1-11(17(24)22-15-7-5-13(6-8-15)19(26)27)23-18(25)16(29-20(23)28)10-12-3-2-4-14(21)9-12/h2-11H,1H3,(H,22,24)(H,26,27)/b16-10-. The molecule has 1 heterocycles. The van der Waals surface area contributed by atoms with Crippen LogP contribution in [0.25, 0.3) is 6.08 Å². The predicted octanol–water partition coefficient (Wildman–Crippen LogP) is 4.38. The fourth-order valence-electron chi connectivity index (χ4n) is 2.62. The number of nitrogens with one attached hydrogen (secondary N) is 1. The van der Waals surface area contributed by atoms with E-state index in [1.54, 1.807) is 13.0 Å². The third kappa shape index (κ3) is 4.92. The lowest BCUT2D eigenvalue weighted by atomic mass is 10.2. The van der Waals surface area contributed by atoms with Crippen LogP contribution >= 0.6 is 39.9 Å². The van der Waals surface area contributed by atoms with Crippen molar-refractivity contribution in [2.24, 2.45) is 0 Å². The first kappa shape index (κ1) is 21.2. The van der Waals surface area contributed by atoms with E-state index in [1.807, 2.05) is 24.3 Å². The van der Waals surface area contributed by atoms with Crippen molar-refractivity contribution < 1.29 is 19.5 Å². The Morgan fingerprint density at radius 1 is 1.24 bits per heavy atom. The zero-order valence-electron chi connectivity index (χ0n) is 15.1. The Hall–Kier alpha value is -2.49. The Bertz CT molecular complexity index is 1040. The molecule has 1 unspecified atom stereocenters. The molecule has 0 bridgehead atoms. The highest BCUT2D eigenvalue weighted by atomic mass is 79.9. The number of hydrogen-bond donors (Lipinski definition) is 2. The summed E-state index contributed by atoms with van der Waals surface area (Å²) >= 11 is 9.86. The summed E-state index contributed by atoms with van der Waals surface area (Å²) in [4.78, 5) is 38.1. The number of amides is 2. The normalized spacial score (nSPS) is 16.2. The Balaban J connectivity index is 1.73. The minimum Gasteiger partial charge on any atom is -0.478 e. The van der Waals surface area contributed by atoms with Crippen molar-refractivity contribution in [1.29, 1.82) is 0 Å². The number of carbonyl (C=O) groups excluding carboxylic acids is 2. The molecule has 1 aliphatic rings. The van der Waals surface area contributed by atoms with Gasteiger partial charge in [-0.25, -0.2) is 4.79 Å². The highest BCUT2D eigenvalue weighted by Gasteiger charge is 2.38. The Morgan fingerprint density at radius 3 is 2.55 bits per heavy atom. The first-order valence-electron chi connectivity index (χ1n) is 8.43. The summed E-state index contributed by atoms with van der Waals surface area (Å²) in [5.41, 5.74) is 1.39. The molecule has 6 nitrogen and oxygen atoms in total. The Morgan fingerprint density at radius 2 is 1.93 bits per heavy atom. The van der Waals surface area contributed by atoms with Crippen LogP contribution in [0.1, 0.15) is 22.8 Å². The summed E-state index contributed by atoms with van der Waals surface area (Å²) in [5.74, 6) is -1.80. The number of anilines is 1. The van der Waals surface area contributed by atoms with E-state index in [0.29, 0.717) is 14.9 Å². The number of nitrogens with zero attached hydrogens (tertiary/aromatic N) is 1. The molecule has 3 rings (SSSR count). The van der Waals surface area contributed by atoms with Crippen molar-refractivity contribution >= 4 is 73.8 Å². The van der Waals surface area contributed by atoms with Crippen molar-refractivity contribution in [3.8, 4) is 0 Å². The number of carbonyl (C=O) groups is 3. The smallest absolute Gasteiger partial charge is 0.335 e. The van der Waals surface area contributed by atoms with Crippen molar-refractivity contribution in [2.45, 2.75) is 13.0 Å². The van der Waals surface area contributed by atoms with Crippen LogP contribution in [0.3, 0.4) is 0 Å². The molecule has 29 heavy (non-hydrogen) atoms. The summed E-state index contributed by atoms with van der Waals surface area (Å²) in [6, 6.07) is 12.4. The predicted molar refractivity (Wildman–Crippen MR) is 121 cm³/mol. The van der Waals surface area contributed by atoms with E-state index in [2.05, 4.69) is 21.2 Å². The molecule has 0 aromatic heterocycles. The van der Waals surface area contributed by atoms with Gasteiger partial charge in [-0.05, 0) is 55.0 Å². The van der Waals surface area contributed by atoms with Crippen LogP contribution in [0.2, 0.25) is 0 Å².